The van der Waals surface area contributed by atoms with Crippen LogP contribution in [0, 0.1) is 0 Å². The first-order valence-corrected chi connectivity index (χ1v) is 9.34. The molecule has 0 radical (unpaired) electrons. The minimum atomic E-state index is -3.03. The van der Waals surface area contributed by atoms with E-state index in [0.29, 0.717) is 17.1 Å². The Morgan fingerprint density at radius 3 is 2.52 bits per heavy atom. The molecule has 1 heterocycles. The van der Waals surface area contributed by atoms with Gasteiger partial charge in [0.1, 0.15) is 0 Å². The van der Waals surface area contributed by atoms with Gasteiger partial charge in [0.15, 0.2) is 9.84 Å². The Kier molecular flexibility index (Phi) is 5.84. The number of rotatable bonds is 5. The van der Waals surface area contributed by atoms with Gasteiger partial charge < -0.3 is 16.0 Å². The Hall–Kier alpha value is -1.80. The number of anilines is 1. The van der Waals surface area contributed by atoms with Crippen molar-refractivity contribution in [3.05, 3.63) is 29.3 Å². The number of benzene rings is 1. The summed E-state index contributed by atoms with van der Waals surface area (Å²) >= 11 is 5.75. The van der Waals surface area contributed by atoms with E-state index in [2.05, 4.69) is 16.0 Å². The van der Waals surface area contributed by atoms with E-state index in [0.717, 1.165) is 0 Å². The number of nitrogens with one attached hydrogen (secondary N) is 3. The van der Waals surface area contributed by atoms with Crippen molar-refractivity contribution in [3.63, 3.8) is 0 Å². The number of hydrogen-bond acceptors (Lipinski definition) is 4. The molecule has 1 aliphatic heterocycles. The molecule has 0 bridgehead atoms. The van der Waals surface area contributed by atoms with Gasteiger partial charge >= 0.3 is 6.03 Å². The quantitative estimate of drug-likeness (QED) is 0.733. The first kappa shape index (κ1) is 17.6. The van der Waals surface area contributed by atoms with Gasteiger partial charge in [-0.2, -0.15) is 0 Å². The molecule has 1 aliphatic rings. The molecule has 0 aromatic heterocycles. The maximum absolute atomic E-state index is 11.7. The number of carbonyl (C=O) groups is 2. The summed E-state index contributed by atoms with van der Waals surface area (Å²) < 4.78 is 22.6. The average molecular weight is 360 g/mol. The summed E-state index contributed by atoms with van der Waals surface area (Å²) in [5.41, 5.74) is 0.625. The third-order valence-corrected chi connectivity index (χ3v) is 5.35. The summed E-state index contributed by atoms with van der Waals surface area (Å²) in [6.07, 6.45) is 0.534. The Morgan fingerprint density at radius 1 is 1.22 bits per heavy atom. The molecule has 126 valence electrons. The number of carbonyl (C=O) groups excluding carboxylic acids is 2. The summed E-state index contributed by atoms with van der Waals surface area (Å²) in [5, 5.41) is 8.38. The monoisotopic (exact) mass is 359 g/mol. The van der Waals surface area contributed by atoms with Gasteiger partial charge in [-0.15, -0.1) is 0 Å². The van der Waals surface area contributed by atoms with Gasteiger partial charge in [0.2, 0.25) is 5.91 Å². The summed E-state index contributed by atoms with van der Waals surface area (Å²) in [6, 6.07) is 5.87. The van der Waals surface area contributed by atoms with Crippen LogP contribution in [-0.2, 0) is 14.6 Å². The van der Waals surface area contributed by atoms with Crippen molar-refractivity contribution < 1.29 is 18.0 Å². The lowest BCUT2D eigenvalue weighted by Gasteiger charge is -2.12. The molecule has 1 aromatic rings. The molecule has 0 unspecified atom stereocenters. The van der Waals surface area contributed by atoms with Gasteiger partial charge in [-0.25, -0.2) is 13.2 Å². The molecule has 1 aromatic carbocycles. The highest BCUT2D eigenvalue weighted by Gasteiger charge is 2.28. The fourth-order valence-electron chi connectivity index (χ4n) is 2.19. The van der Waals surface area contributed by atoms with Crippen molar-refractivity contribution >= 4 is 39.1 Å². The van der Waals surface area contributed by atoms with E-state index in [4.69, 9.17) is 11.6 Å². The number of amides is 3. The van der Waals surface area contributed by atoms with Crippen molar-refractivity contribution in [1.82, 2.24) is 10.6 Å². The van der Waals surface area contributed by atoms with Crippen LogP contribution in [0.3, 0.4) is 0 Å². The summed E-state index contributed by atoms with van der Waals surface area (Å²) in [4.78, 5) is 23.3. The Labute approximate surface area is 139 Å². The van der Waals surface area contributed by atoms with E-state index in [9.17, 15) is 18.0 Å². The van der Waals surface area contributed by atoms with Crippen LogP contribution in [0.5, 0.6) is 0 Å². The van der Waals surface area contributed by atoms with E-state index in [1.807, 2.05) is 0 Å². The van der Waals surface area contributed by atoms with Crippen LogP contribution < -0.4 is 16.0 Å². The largest absolute Gasteiger partial charge is 0.338 e. The van der Waals surface area contributed by atoms with E-state index in [1.165, 1.54) is 0 Å². The van der Waals surface area contributed by atoms with Crippen LogP contribution >= 0.6 is 11.6 Å². The third kappa shape index (κ3) is 6.07. The van der Waals surface area contributed by atoms with Crippen LogP contribution in [0.1, 0.15) is 12.8 Å². The van der Waals surface area contributed by atoms with Gasteiger partial charge in [-0.3, -0.25) is 4.79 Å². The molecule has 3 N–H and O–H groups in total. The predicted octanol–water partition coefficient (Wildman–Crippen LogP) is 1.15. The summed E-state index contributed by atoms with van der Waals surface area (Å²) in [6.45, 7) is 0.157. The smallest absolute Gasteiger partial charge is 0.315 e. The van der Waals surface area contributed by atoms with Crippen molar-refractivity contribution in [2.75, 3.05) is 23.4 Å². The second kappa shape index (κ2) is 7.65. The van der Waals surface area contributed by atoms with E-state index >= 15 is 0 Å². The van der Waals surface area contributed by atoms with Crippen molar-refractivity contribution in [3.8, 4) is 0 Å². The number of hydrogen-bond donors (Lipinski definition) is 3. The number of sulfone groups is 1. The Balaban J connectivity index is 1.65. The summed E-state index contributed by atoms with van der Waals surface area (Å²) in [7, 11) is -3.03. The first-order valence-electron chi connectivity index (χ1n) is 7.14. The normalized spacial score (nSPS) is 19.1. The minimum absolute atomic E-state index is 0.0303. The highest BCUT2D eigenvalue weighted by molar-refractivity contribution is 7.91. The molecule has 23 heavy (non-hydrogen) atoms. The van der Waals surface area contributed by atoms with Gasteiger partial charge in [-0.1, -0.05) is 11.6 Å². The van der Waals surface area contributed by atoms with Crippen molar-refractivity contribution in [2.24, 2.45) is 0 Å². The van der Waals surface area contributed by atoms with Gasteiger partial charge in [0.25, 0.3) is 0 Å². The molecule has 2 rings (SSSR count). The molecule has 0 aliphatic carbocycles. The zero-order valence-corrected chi connectivity index (χ0v) is 13.9. The van der Waals surface area contributed by atoms with Gasteiger partial charge in [-0.05, 0) is 30.7 Å². The molecule has 3 amide bonds. The lowest BCUT2D eigenvalue weighted by atomic mass is 10.3. The molecule has 1 saturated heterocycles. The fraction of sp³-hybridized carbons (Fsp3) is 0.429. The standard InChI is InChI=1S/C14H18ClN3O4S/c15-10-1-3-11(4-2-10)17-13(19)5-7-16-14(20)18-12-6-8-23(21,22)9-12/h1-4,12H,5-9H2,(H,17,19)(H2,16,18,20)/t12-/m1/s1. The maximum atomic E-state index is 11.7. The van der Waals surface area contributed by atoms with Crippen LogP contribution in [0.25, 0.3) is 0 Å². The SMILES string of the molecule is O=C(CCNC(=O)N[C@@H]1CCS(=O)(=O)C1)Nc1ccc(Cl)cc1. The van der Waals surface area contributed by atoms with Crippen LogP contribution in [0.15, 0.2) is 24.3 Å². The lowest BCUT2D eigenvalue weighted by Crippen LogP contribution is -2.43. The van der Waals surface area contributed by atoms with Gasteiger partial charge in [0, 0.05) is 29.7 Å². The van der Waals surface area contributed by atoms with Crippen molar-refractivity contribution in [1.29, 1.82) is 0 Å². The molecular formula is C14H18ClN3O4S. The van der Waals surface area contributed by atoms with E-state index in [1.54, 1.807) is 24.3 Å². The Morgan fingerprint density at radius 2 is 1.91 bits per heavy atom. The fourth-order valence-corrected chi connectivity index (χ4v) is 3.99. The average Bonchev–Trinajstić information content (AvgIpc) is 2.80. The molecule has 0 saturated carbocycles. The Bertz CT molecular complexity index is 676. The summed E-state index contributed by atoms with van der Waals surface area (Å²) in [5.74, 6) is -0.171. The second-order valence-corrected chi connectivity index (χ2v) is 7.97. The zero-order valence-electron chi connectivity index (χ0n) is 12.3. The first-order chi connectivity index (χ1) is 10.8. The molecule has 7 nitrogen and oxygen atoms in total. The highest BCUT2D eigenvalue weighted by Crippen LogP contribution is 2.13. The van der Waals surface area contributed by atoms with Crippen LogP contribution in [0.4, 0.5) is 10.5 Å². The topological polar surface area (TPSA) is 104 Å². The third-order valence-electron chi connectivity index (χ3n) is 3.33. The van der Waals surface area contributed by atoms with Crippen molar-refractivity contribution in [2.45, 2.75) is 18.9 Å². The molecule has 1 atom stereocenters. The number of urea groups is 1. The molecular weight excluding hydrogens is 342 g/mol. The predicted molar refractivity (Wildman–Crippen MR) is 88.3 cm³/mol. The molecule has 9 heteroatoms. The van der Waals surface area contributed by atoms with E-state index in [-0.39, 0.29) is 36.4 Å². The second-order valence-electron chi connectivity index (χ2n) is 5.31. The van der Waals surface area contributed by atoms with Crippen LogP contribution in [0.2, 0.25) is 5.02 Å². The minimum Gasteiger partial charge on any atom is -0.338 e. The highest BCUT2D eigenvalue weighted by atomic mass is 35.5. The lowest BCUT2D eigenvalue weighted by molar-refractivity contribution is -0.116. The molecule has 0 spiro atoms. The van der Waals surface area contributed by atoms with E-state index < -0.39 is 15.9 Å². The zero-order chi connectivity index (χ0) is 16.9. The van der Waals surface area contributed by atoms with Gasteiger partial charge in [0.05, 0.1) is 11.5 Å². The molecule has 1 fully saturated rings. The van der Waals surface area contributed by atoms with Crippen LogP contribution in [-0.4, -0.2) is 44.4 Å². The number of halogens is 1. The maximum Gasteiger partial charge on any atom is 0.315 e.